The number of benzene rings is 2. The van der Waals surface area contributed by atoms with E-state index in [4.69, 9.17) is 11.5 Å². The van der Waals surface area contributed by atoms with Crippen LogP contribution in [0.4, 0.5) is 28.0 Å². The number of amides is 1. The van der Waals surface area contributed by atoms with Gasteiger partial charge in [0.2, 0.25) is 0 Å². The van der Waals surface area contributed by atoms with Crippen LogP contribution in [0.1, 0.15) is 48.1 Å². The van der Waals surface area contributed by atoms with Gasteiger partial charge in [0, 0.05) is 24.5 Å². The number of rotatable bonds is 8. The molecule has 1 saturated carbocycles. The van der Waals surface area contributed by atoms with Crippen molar-refractivity contribution in [3.8, 4) is 11.3 Å². The van der Waals surface area contributed by atoms with Gasteiger partial charge in [0.15, 0.2) is 5.69 Å². The van der Waals surface area contributed by atoms with Gasteiger partial charge in [0.05, 0.1) is 16.9 Å². The molecule has 0 aliphatic heterocycles. The Morgan fingerprint density at radius 3 is 2.52 bits per heavy atom. The Hall–Kier alpha value is -4.09. The summed E-state index contributed by atoms with van der Waals surface area (Å²) in [6.07, 6.45) is 2.17. The van der Waals surface area contributed by atoms with Gasteiger partial charge in [-0.2, -0.15) is 23.0 Å². The van der Waals surface area contributed by atoms with E-state index in [1.54, 1.807) is 42.7 Å². The van der Waals surface area contributed by atoms with Crippen molar-refractivity contribution in [1.29, 1.82) is 0 Å². The number of nitrogens with one attached hydrogen (secondary N) is 1. The molecule has 0 saturated heterocycles. The lowest BCUT2D eigenvalue weighted by Gasteiger charge is -2.31. The molecular formula is C29H28F4N6O. The van der Waals surface area contributed by atoms with E-state index in [1.165, 1.54) is 18.2 Å². The molecule has 1 amide bonds. The van der Waals surface area contributed by atoms with Gasteiger partial charge >= 0.3 is 12.2 Å². The van der Waals surface area contributed by atoms with Crippen LogP contribution in [0.25, 0.3) is 11.3 Å². The summed E-state index contributed by atoms with van der Waals surface area (Å²) in [5, 5.41) is 5.90. The van der Waals surface area contributed by atoms with Gasteiger partial charge < -0.3 is 16.8 Å². The standard InChI is InChI=1S/C29H28F4N6O/c30-23-9-8-21(28(35,11-10-18-6-7-18)22-5-2-12-36-17-22)14-24(23)37-27(40)39-25(15-26(38-39)29(31,32)33)20-4-1-3-19(13-20)16-34/h1-5,8-9,12-15,17-18H,6-7,10-11,16,34-35H2,(H,37,40). The second-order valence-corrected chi connectivity index (χ2v) is 10.0. The Kier molecular flexibility index (Phi) is 7.43. The maximum Gasteiger partial charge on any atom is 0.435 e. The summed E-state index contributed by atoms with van der Waals surface area (Å²) in [5.41, 5.74) is 12.2. The summed E-state index contributed by atoms with van der Waals surface area (Å²) >= 11 is 0. The van der Waals surface area contributed by atoms with E-state index in [9.17, 15) is 22.4 Å². The first-order valence-corrected chi connectivity index (χ1v) is 12.9. The zero-order chi connectivity index (χ0) is 28.5. The van der Waals surface area contributed by atoms with E-state index < -0.39 is 29.3 Å². The summed E-state index contributed by atoms with van der Waals surface area (Å²) in [6, 6.07) is 13.9. The number of aromatic nitrogens is 3. The lowest BCUT2D eigenvalue weighted by atomic mass is 9.80. The SMILES string of the molecule is NCc1cccc(-c2cc(C(F)(F)F)nn2C(=O)Nc2cc(C(N)(CCC3CC3)c3cccnc3)ccc2F)c1. The molecule has 40 heavy (non-hydrogen) atoms. The molecule has 0 bridgehead atoms. The van der Waals surface area contributed by atoms with Gasteiger partial charge in [-0.25, -0.2) is 9.18 Å². The normalized spacial score (nSPS) is 15.1. The molecule has 1 fully saturated rings. The summed E-state index contributed by atoms with van der Waals surface area (Å²) < 4.78 is 56.3. The first-order valence-electron chi connectivity index (χ1n) is 12.9. The van der Waals surface area contributed by atoms with E-state index >= 15 is 0 Å². The average Bonchev–Trinajstić information content (AvgIpc) is 3.67. The first kappa shape index (κ1) is 27.5. The van der Waals surface area contributed by atoms with Crippen molar-refractivity contribution in [2.24, 2.45) is 17.4 Å². The van der Waals surface area contributed by atoms with Crippen LogP contribution in [0, 0.1) is 11.7 Å². The number of carbonyl (C=O) groups excluding carboxylic acids is 1. The molecule has 208 valence electrons. The van der Waals surface area contributed by atoms with E-state index in [0.717, 1.165) is 30.9 Å². The zero-order valence-electron chi connectivity index (χ0n) is 21.5. The van der Waals surface area contributed by atoms with Gasteiger partial charge in [-0.15, -0.1) is 0 Å². The molecule has 11 heteroatoms. The molecule has 1 unspecified atom stereocenters. The summed E-state index contributed by atoms with van der Waals surface area (Å²) in [6.45, 7) is 0.150. The van der Waals surface area contributed by atoms with Crippen LogP contribution in [0.3, 0.4) is 0 Å². The molecule has 7 nitrogen and oxygen atoms in total. The summed E-state index contributed by atoms with van der Waals surface area (Å²) in [7, 11) is 0. The smallest absolute Gasteiger partial charge is 0.326 e. The Balaban J connectivity index is 1.51. The largest absolute Gasteiger partial charge is 0.435 e. The van der Waals surface area contributed by atoms with Crippen molar-refractivity contribution in [2.75, 3.05) is 5.32 Å². The third-order valence-electron chi connectivity index (χ3n) is 7.19. The predicted octanol–water partition coefficient (Wildman–Crippen LogP) is 6.03. The predicted molar refractivity (Wildman–Crippen MR) is 143 cm³/mol. The topological polar surface area (TPSA) is 112 Å². The highest BCUT2D eigenvalue weighted by Gasteiger charge is 2.37. The zero-order valence-corrected chi connectivity index (χ0v) is 21.5. The Morgan fingerprint density at radius 1 is 1.05 bits per heavy atom. The lowest BCUT2D eigenvalue weighted by Crippen LogP contribution is -2.38. The molecule has 0 spiro atoms. The van der Waals surface area contributed by atoms with E-state index in [-0.39, 0.29) is 17.9 Å². The van der Waals surface area contributed by atoms with Gasteiger partial charge in [-0.3, -0.25) is 4.98 Å². The van der Waals surface area contributed by atoms with Crippen LogP contribution >= 0.6 is 0 Å². The highest BCUT2D eigenvalue weighted by Crippen LogP contribution is 2.40. The van der Waals surface area contributed by atoms with Crippen molar-refractivity contribution < 1.29 is 22.4 Å². The summed E-state index contributed by atoms with van der Waals surface area (Å²) in [4.78, 5) is 17.5. The van der Waals surface area contributed by atoms with Gasteiger partial charge in [0.1, 0.15) is 5.82 Å². The van der Waals surface area contributed by atoms with E-state index in [1.807, 2.05) is 6.07 Å². The number of carbonyl (C=O) groups is 1. The molecule has 1 aliphatic rings. The summed E-state index contributed by atoms with van der Waals surface area (Å²) in [5.74, 6) is -0.194. The molecule has 4 aromatic rings. The molecule has 1 aliphatic carbocycles. The fourth-order valence-corrected chi connectivity index (χ4v) is 4.72. The molecule has 1 atom stereocenters. The Labute approximate surface area is 228 Å². The maximum atomic E-state index is 15.0. The number of nitrogens with two attached hydrogens (primary N) is 2. The number of anilines is 1. The second kappa shape index (κ2) is 10.8. The van der Waals surface area contributed by atoms with Crippen molar-refractivity contribution in [3.05, 3.63) is 101 Å². The second-order valence-electron chi connectivity index (χ2n) is 10.0. The minimum absolute atomic E-state index is 0.121. The maximum absolute atomic E-state index is 15.0. The molecule has 5 N–H and O–H groups in total. The minimum Gasteiger partial charge on any atom is -0.326 e. The number of alkyl halides is 3. The fraction of sp³-hybridized carbons (Fsp3) is 0.276. The number of hydrogen-bond acceptors (Lipinski definition) is 5. The monoisotopic (exact) mass is 552 g/mol. The molecule has 2 aromatic heterocycles. The molecule has 5 rings (SSSR count). The Bertz CT molecular complexity index is 1520. The van der Waals surface area contributed by atoms with E-state index in [0.29, 0.717) is 33.7 Å². The highest BCUT2D eigenvalue weighted by molar-refractivity contribution is 5.93. The average molecular weight is 553 g/mol. The van der Waals surface area contributed by atoms with Gasteiger partial charge in [0.25, 0.3) is 0 Å². The minimum atomic E-state index is -4.80. The lowest BCUT2D eigenvalue weighted by molar-refractivity contribution is -0.141. The van der Waals surface area contributed by atoms with Gasteiger partial charge in [-0.1, -0.05) is 43.2 Å². The third kappa shape index (κ3) is 5.75. The van der Waals surface area contributed by atoms with E-state index in [2.05, 4.69) is 15.4 Å². The van der Waals surface area contributed by atoms with Crippen molar-refractivity contribution in [3.63, 3.8) is 0 Å². The molecule has 0 radical (unpaired) electrons. The van der Waals surface area contributed by atoms with Crippen molar-refractivity contribution in [1.82, 2.24) is 14.8 Å². The fourth-order valence-electron chi connectivity index (χ4n) is 4.72. The molecular weight excluding hydrogens is 524 g/mol. The van der Waals surface area contributed by atoms with Crippen LogP contribution in [0.5, 0.6) is 0 Å². The number of nitrogens with zero attached hydrogens (tertiary/aromatic N) is 3. The molecule has 2 heterocycles. The Morgan fingerprint density at radius 2 is 1.85 bits per heavy atom. The van der Waals surface area contributed by atoms with Crippen molar-refractivity contribution >= 4 is 11.7 Å². The number of halogens is 4. The number of hydrogen-bond donors (Lipinski definition) is 3. The number of pyridine rings is 1. The van der Waals surface area contributed by atoms with Crippen LogP contribution in [0.2, 0.25) is 0 Å². The quantitative estimate of drug-likeness (QED) is 0.231. The van der Waals surface area contributed by atoms with Gasteiger partial charge in [-0.05, 0) is 65.8 Å². The first-order chi connectivity index (χ1) is 19.1. The van der Waals surface area contributed by atoms with Crippen LogP contribution in [0.15, 0.2) is 73.1 Å². The highest BCUT2D eigenvalue weighted by atomic mass is 19.4. The van der Waals surface area contributed by atoms with Crippen LogP contribution < -0.4 is 16.8 Å². The molecule has 2 aromatic carbocycles. The van der Waals surface area contributed by atoms with Crippen LogP contribution in [-0.4, -0.2) is 20.8 Å². The third-order valence-corrected chi connectivity index (χ3v) is 7.19. The van der Waals surface area contributed by atoms with Crippen LogP contribution in [-0.2, 0) is 18.3 Å². The van der Waals surface area contributed by atoms with Crippen molar-refractivity contribution in [2.45, 2.75) is 43.9 Å².